The molecule has 0 heterocycles. The van der Waals surface area contributed by atoms with Crippen molar-refractivity contribution in [2.45, 2.75) is 13.5 Å². The number of nitrogens with one attached hydrogen (secondary N) is 1. The third-order valence-corrected chi connectivity index (χ3v) is 6.39. The maximum Gasteiger partial charge on any atom is 0.271 e. The van der Waals surface area contributed by atoms with Gasteiger partial charge in [0, 0.05) is 15.6 Å². The molecular formula is C22H16Cl2I2N2O2. The SMILES string of the molecule is Cc1ccc(C(=O)N/N=C\c2cc(I)c(OCc3ccc(Cl)cc3)c(I)c2)cc1Cl. The van der Waals surface area contributed by atoms with Crippen LogP contribution >= 0.6 is 68.4 Å². The van der Waals surface area contributed by atoms with Gasteiger partial charge >= 0.3 is 0 Å². The van der Waals surface area contributed by atoms with Gasteiger partial charge < -0.3 is 4.74 Å². The van der Waals surface area contributed by atoms with Crippen molar-refractivity contribution in [2.75, 3.05) is 0 Å². The maximum absolute atomic E-state index is 12.2. The molecule has 154 valence electrons. The zero-order chi connectivity index (χ0) is 21.7. The van der Waals surface area contributed by atoms with Crippen LogP contribution in [0.4, 0.5) is 0 Å². The van der Waals surface area contributed by atoms with E-state index in [9.17, 15) is 4.79 Å². The molecular weight excluding hydrogens is 649 g/mol. The summed E-state index contributed by atoms with van der Waals surface area (Å²) in [5.41, 5.74) is 5.79. The molecule has 1 amide bonds. The fourth-order valence-corrected chi connectivity index (χ4v) is 4.93. The molecule has 3 rings (SSSR count). The highest BCUT2D eigenvalue weighted by molar-refractivity contribution is 14.1. The van der Waals surface area contributed by atoms with E-state index in [2.05, 4.69) is 55.7 Å². The summed E-state index contributed by atoms with van der Waals surface area (Å²) in [6.45, 7) is 2.33. The highest BCUT2D eigenvalue weighted by Crippen LogP contribution is 2.29. The Morgan fingerprint density at radius 2 is 1.73 bits per heavy atom. The lowest BCUT2D eigenvalue weighted by molar-refractivity contribution is 0.0955. The van der Waals surface area contributed by atoms with E-state index in [1.54, 1.807) is 24.4 Å². The standard InChI is InChI=1S/C22H16Cl2I2N2O2/c1-13-2-5-16(10-18(13)24)22(29)28-27-11-15-8-19(25)21(20(26)9-15)30-12-14-3-6-17(23)7-4-14/h2-11H,12H2,1H3,(H,28,29)/b27-11-. The fraction of sp³-hybridized carbons (Fsp3) is 0.0909. The number of benzene rings is 3. The summed E-state index contributed by atoms with van der Waals surface area (Å²) in [6, 6.07) is 16.6. The second-order valence-electron chi connectivity index (χ2n) is 6.39. The number of halogens is 4. The lowest BCUT2D eigenvalue weighted by Gasteiger charge is -2.11. The van der Waals surface area contributed by atoms with Crippen LogP contribution in [0.2, 0.25) is 10.0 Å². The van der Waals surface area contributed by atoms with Crippen molar-refractivity contribution in [2.24, 2.45) is 5.10 Å². The minimum atomic E-state index is -0.319. The summed E-state index contributed by atoms with van der Waals surface area (Å²) in [5.74, 6) is 0.488. The molecule has 0 unspecified atom stereocenters. The third kappa shape index (κ3) is 6.32. The number of ether oxygens (including phenoxy) is 1. The first kappa shape index (κ1) is 23.3. The summed E-state index contributed by atoms with van der Waals surface area (Å²) in [5, 5.41) is 5.30. The van der Waals surface area contributed by atoms with Crippen molar-refractivity contribution in [1.82, 2.24) is 5.43 Å². The van der Waals surface area contributed by atoms with Crippen LogP contribution in [0.25, 0.3) is 0 Å². The quantitative estimate of drug-likeness (QED) is 0.178. The monoisotopic (exact) mass is 664 g/mol. The van der Waals surface area contributed by atoms with Crippen LogP contribution in [0.1, 0.15) is 27.0 Å². The molecule has 0 radical (unpaired) electrons. The van der Waals surface area contributed by atoms with E-state index in [0.717, 1.165) is 29.6 Å². The van der Waals surface area contributed by atoms with E-state index in [-0.39, 0.29) is 5.91 Å². The molecule has 30 heavy (non-hydrogen) atoms. The summed E-state index contributed by atoms with van der Waals surface area (Å²) < 4.78 is 7.89. The molecule has 0 saturated carbocycles. The lowest BCUT2D eigenvalue weighted by Crippen LogP contribution is -2.17. The second kappa shape index (κ2) is 10.8. The highest BCUT2D eigenvalue weighted by Gasteiger charge is 2.10. The number of amides is 1. The molecule has 0 aliphatic rings. The zero-order valence-corrected chi connectivity index (χ0v) is 21.6. The van der Waals surface area contributed by atoms with E-state index in [1.165, 1.54) is 0 Å². The van der Waals surface area contributed by atoms with Crippen LogP contribution in [0.15, 0.2) is 59.7 Å². The van der Waals surface area contributed by atoms with E-state index in [1.807, 2.05) is 43.3 Å². The van der Waals surface area contributed by atoms with Gasteiger partial charge in [0.25, 0.3) is 5.91 Å². The largest absolute Gasteiger partial charge is 0.487 e. The molecule has 8 heteroatoms. The van der Waals surface area contributed by atoms with Gasteiger partial charge in [-0.25, -0.2) is 5.43 Å². The molecule has 0 aliphatic carbocycles. The minimum absolute atomic E-state index is 0.319. The molecule has 0 bridgehead atoms. The summed E-state index contributed by atoms with van der Waals surface area (Å²) >= 11 is 16.4. The van der Waals surface area contributed by atoms with Crippen molar-refractivity contribution < 1.29 is 9.53 Å². The molecule has 3 aromatic carbocycles. The molecule has 0 spiro atoms. The van der Waals surface area contributed by atoms with Gasteiger partial charge in [-0.3, -0.25) is 4.79 Å². The van der Waals surface area contributed by atoms with Crippen LogP contribution in [0.3, 0.4) is 0 Å². The summed E-state index contributed by atoms with van der Waals surface area (Å²) in [4.78, 5) is 12.2. The van der Waals surface area contributed by atoms with Gasteiger partial charge in [-0.2, -0.15) is 5.10 Å². The van der Waals surface area contributed by atoms with E-state index < -0.39 is 0 Å². The predicted molar refractivity (Wildman–Crippen MR) is 139 cm³/mol. The van der Waals surface area contributed by atoms with Crippen molar-refractivity contribution in [3.8, 4) is 5.75 Å². The van der Waals surface area contributed by atoms with Crippen LogP contribution in [0, 0.1) is 14.1 Å². The predicted octanol–water partition coefficient (Wildman–Crippen LogP) is 6.85. The molecule has 0 aromatic heterocycles. The number of aryl methyl sites for hydroxylation is 1. The van der Waals surface area contributed by atoms with Gasteiger partial charge in [0.05, 0.1) is 13.4 Å². The summed E-state index contributed by atoms with van der Waals surface area (Å²) in [7, 11) is 0. The molecule has 0 fully saturated rings. The Morgan fingerprint density at radius 3 is 2.37 bits per heavy atom. The average molecular weight is 665 g/mol. The van der Waals surface area contributed by atoms with E-state index >= 15 is 0 Å². The van der Waals surface area contributed by atoms with Crippen molar-refractivity contribution in [3.05, 3.63) is 94.0 Å². The van der Waals surface area contributed by atoms with Gasteiger partial charge in [0.1, 0.15) is 12.4 Å². The Bertz CT molecular complexity index is 1080. The first-order valence-electron chi connectivity index (χ1n) is 8.79. The van der Waals surface area contributed by atoms with Crippen molar-refractivity contribution in [1.29, 1.82) is 0 Å². The molecule has 0 atom stereocenters. The Balaban J connectivity index is 1.64. The third-order valence-electron chi connectivity index (χ3n) is 4.13. The van der Waals surface area contributed by atoms with Crippen molar-refractivity contribution >= 4 is 80.5 Å². The van der Waals surface area contributed by atoms with Crippen LogP contribution in [-0.4, -0.2) is 12.1 Å². The highest BCUT2D eigenvalue weighted by atomic mass is 127. The van der Waals surface area contributed by atoms with Crippen LogP contribution < -0.4 is 10.2 Å². The number of rotatable bonds is 6. The topological polar surface area (TPSA) is 50.7 Å². The van der Waals surface area contributed by atoms with Crippen molar-refractivity contribution in [3.63, 3.8) is 0 Å². The minimum Gasteiger partial charge on any atom is -0.487 e. The van der Waals surface area contributed by atoms with Gasteiger partial charge in [0.15, 0.2) is 0 Å². The van der Waals surface area contributed by atoms with Crippen LogP contribution in [0.5, 0.6) is 5.75 Å². The van der Waals surface area contributed by atoms with Crippen LogP contribution in [-0.2, 0) is 6.61 Å². The number of nitrogens with zero attached hydrogens (tertiary/aromatic N) is 1. The van der Waals surface area contributed by atoms with Gasteiger partial charge in [-0.1, -0.05) is 41.4 Å². The first-order valence-corrected chi connectivity index (χ1v) is 11.7. The number of hydrogen-bond acceptors (Lipinski definition) is 3. The Kier molecular flexibility index (Phi) is 8.38. The second-order valence-corrected chi connectivity index (χ2v) is 9.56. The molecule has 3 aromatic rings. The normalized spacial score (nSPS) is 11.0. The number of hydrogen-bond donors (Lipinski definition) is 1. The van der Waals surface area contributed by atoms with Gasteiger partial charge in [0.2, 0.25) is 0 Å². The zero-order valence-electron chi connectivity index (χ0n) is 15.8. The lowest BCUT2D eigenvalue weighted by atomic mass is 10.1. The van der Waals surface area contributed by atoms with Gasteiger partial charge in [-0.15, -0.1) is 0 Å². The fourth-order valence-electron chi connectivity index (χ4n) is 2.49. The molecule has 0 saturated heterocycles. The number of carbonyl (C=O) groups excluding carboxylic acids is 1. The Labute approximate surface area is 212 Å². The van der Waals surface area contributed by atoms with Gasteiger partial charge in [-0.05, 0) is 105 Å². The number of hydrazone groups is 1. The Morgan fingerprint density at radius 1 is 1.07 bits per heavy atom. The molecule has 4 nitrogen and oxygen atoms in total. The molecule has 1 N–H and O–H groups in total. The molecule has 0 aliphatic heterocycles. The maximum atomic E-state index is 12.2. The average Bonchev–Trinajstić information content (AvgIpc) is 2.70. The van der Waals surface area contributed by atoms with E-state index in [4.69, 9.17) is 27.9 Å². The first-order chi connectivity index (χ1) is 14.3. The Hall–Kier alpha value is -1.36. The smallest absolute Gasteiger partial charge is 0.271 e. The number of carbonyl (C=O) groups is 1. The van der Waals surface area contributed by atoms with E-state index in [0.29, 0.717) is 22.2 Å². The summed E-state index contributed by atoms with van der Waals surface area (Å²) in [6.07, 6.45) is 1.60.